The van der Waals surface area contributed by atoms with Crippen molar-refractivity contribution in [3.05, 3.63) is 68.9 Å². The van der Waals surface area contributed by atoms with E-state index in [0.717, 1.165) is 0 Å². The number of rotatable bonds is 29. The topological polar surface area (TPSA) is 0 Å². The molecule has 306 valence electrons. The van der Waals surface area contributed by atoms with Gasteiger partial charge in [0.1, 0.15) is 0 Å². The fourth-order valence-corrected chi connectivity index (χ4v) is 12.1. The summed E-state index contributed by atoms with van der Waals surface area (Å²) < 4.78 is 6.00. The zero-order chi connectivity index (χ0) is 38.9. The molecule has 0 unspecified atom stereocenters. The Balaban J connectivity index is 0.000000437. The fourth-order valence-electron chi connectivity index (χ4n) is 8.32. The van der Waals surface area contributed by atoms with E-state index in [1.165, 1.54) is 237 Å². The molecule has 0 saturated carbocycles. The van der Waals surface area contributed by atoms with Crippen molar-refractivity contribution in [3.8, 4) is 0 Å². The molecule has 0 spiro atoms. The third-order valence-electron chi connectivity index (χ3n) is 11.8. The van der Waals surface area contributed by atoms with Crippen LogP contribution in [0, 0.1) is 13.8 Å². The van der Waals surface area contributed by atoms with Crippen LogP contribution in [0.2, 0.25) is 0 Å². The van der Waals surface area contributed by atoms with Crippen LogP contribution < -0.4 is 0 Å². The van der Waals surface area contributed by atoms with Gasteiger partial charge in [0.25, 0.3) is 0 Å². The van der Waals surface area contributed by atoms with E-state index in [1.54, 1.807) is 5.56 Å². The van der Waals surface area contributed by atoms with Gasteiger partial charge in [0.2, 0.25) is 0 Å². The maximum Gasteiger partial charge on any atom is 0.0542 e. The van der Waals surface area contributed by atoms with Crippen molar-refractivity contribution in [2.75, 3.05) is 0 Å². The van der Waals surface area contributed by atoms with E-state index in [1.807, 2.05) is 34.0 Å². The summed E-state index contributed by atoms with van der Waals surface area (Å²) in [6.07, 6.45) is 40.4. The highest BCUT2D eigenvalue weighted by Gasteiger charge is 2.13. The number of hydrogen-bond donors (Lipinski definition) is 0. The van der Waals surface area contributed by atoms with Gasteiger partial charge in [-0.05, 0) is 87.3 Å². The highest BCUT2D eigenvalue weighted by molar-refractivity contribution is 7.36. The van der Waals surface area contributed by atoms with Gasteiger partial charge < -0.3 is 0 Å². The van der Waals surface area contributed by atoms with Crippen molar-refractivity contribution in [1.82, 2.24) is 0 Å². The molecule has 3 aromatic heterocycles. The zero-order valence-electron chi connectivity index (χ0n) is 36.3. The van der Waals surface area contributed by atoms with Gasteiger partial charge in [-0.15, -0.1) is 34.0 Å². The number of hydrogen-bond acceptors (Lipinski definition) is 3. The highest BCUT2D eigenvalue weighted by Crippen LogP contribution is 2.44. The lowest BCUT2D eigenvalue weighted by atomic mass is 10.0. The lowest BCUT2D eigenvalue weighted by Crippen LogP contribution is -1.86. The van der Waals surface area contributed by atoms with Crippen LogP contribution in [-0.2, 0) is 19.3 Å². The molecule has 0 fully saturated rings. The number of fused-ring (bicyclic) bond motifs is 5. The van der Waals surface area contributed by atoms with Gasteiger partial charge >= 0.3 is 0 Å². The first-order valence-electron chi connectivity index (χ1n) is 23.5. The Morgan fingerprint density at radius 1 is 0.364 bits per heavy atom. The van der Waals surface area contributed by atoms with Crippen LogP contribution in [0.5, 0.6) is 0 Å². The Bertz CT molecular complexity index is 1610. The monoisotopic (exact) mass is 801 g/mol. The summed E-state index contributed by atoms with van der Waals surface area (Å²) in [6, 6.07) is 17.0. The van der Waals surface area contributed by atoms with Crippen molar-refractivity contribution in [2.24, 2.45) is 0 Å². The minimum atomic E-state index is 1.24. The Labute approximate surface area is 351 Å². The zero-order valence-corrected chi connectivity index (χ0v) is 38.7. The third kappa shape index (κ3) is 17.0. The second-order valence-electron chi connectivity index (χ2n) is 16.8. The van der Waals surface area contributed by atoms with Gasteiger partial charge in [0.05, 0.1) is 9.40 Å². The third-order valence-corrected chi connectivity index (χ3v) is 15.3. The smallest absolute Gasteiger partial charge is 0.0542 e. The van der Waals surface area contributed by atoms with Gasteiger partial charge in [0.15, 0.2) is 0 Å². The van der Waals surface area contributed by atoms with Crippen molar-refractivity contribution in [1.29, 1.82) is 0 Å². The van der Waals surface area contributed by atoms with Crippen molar-refractivity contribution in [2.45, 2.75) is 221 Å². The molecule has 2 aromatic carbocycles. The molecule has 3 heterocycles. The van der Waals surface area contributed by atoms with E-state index in [0.29, 0.717) is 0 Å². The second-order valence-corrected chi connectivity index (χ2v) is 20.4. The molecule has 0 aliphatic rings. The minimum absolute atomic E-state index is 1.24. The van der Waals surface area contributed by atoms with Crippen molar-refractivity contribution in [3.63, 3.8) is 0 Å². The van der Waals surface area contributed by atoms with E-state index in [4.69, 9.17) is 0 Å². The molecule has 0 radical (unpaired) electrons. The Morgan fingerprint density at radius 3 is 1.07 bits per heavy atom. The number of thiophene rings is 3. The van der Waals surface area contributed by atoms with Crippen LogP contribution >= 0.6 is 34.0 Å². The van der Waals surface area contributed by atoms with E-state index in [2.05, 4.69) is 77.1 Å². The Morgan fingerprint density at radius 2 is 0.709 bits per heavy atom. The predicted octanol–water partition coefficient (Wildman–Crippen LogP) is 19.5. The molecular formula is C52H80S3. The summed E-state index contributed by atoms with van der Waals surface area (Å²) in [5.74, 6) is 0. The Kier molecular flexibility index (Phi) is 23.3. The van der Waals surface area contributed by atoms with E-state index in [-0.39, 0.29) is 0 Å². The first-order chi connectivity index (χ1) is 27.0. The van der Waals surface area contributed by atoms with Crippen molar-refractivity contribution >= 4 is 63.6 Å². The van der Waals surface area contributed by atoms with Crippen LogP contribution in [0.15, 0.2) is 42.5 Å². The van der Waals surface area contributed by atoms with Gasteiger partial charge in [-0.25, -0.2) is 0 Å². The number of aryl methyl sites for hydroxylation is 5. The molecule has 0 N–H and O–H groups in total. The summed E-state index contributed by atoms with van der Waals surface area (Å²) in [4.78, 5) is 2.98. The lowest BCUT2D eigenvalue weighted by Gasteiger charge is -2.04. The van der Waals surface area contributed by atoms with Gasteiger partial charge in [-0.1, -0.05) is 193 Å². The normalized spacial score (nSPS) is 11.7. The van der Waals surface area contributed by atoms with E-state index < -0.39 is 0 Å². The molecule has 55 heavy (non-hydrogen) atoms. The van der Waals surface area contributed by atoms with Crippen LogP contribution in [-0.4, -0.2) is 0 Å². The fraction of sp³-hybridized carbons (Fsp3) is 0.654. The summed E-state index contributed by atoms with van der Waals surface area (Å²) >= 11 is 5.98. The average molecular weight is 801 g/mol. The lowest BCUT2D eigenvalue weighted by molar-refractivity contribution is 0.549. The molecule has 3 heteroatoms. The van der Waals surface area contributed by atoms with Crippen LogP contribution in [0.4, 0.5) is 0 Å². The second kappa shape index (κ2) is 27.9. The molecule has 0 saturated heterocycles. The molecule has 0 aliphatic heterocycles. The van der Waals surface area contributed by atoms with E-state index in [9.17, 15) is 0 Å². The number of unbranched alkanes of at least 4 members (excludes halogenated alkanes) is 23. The first-order valence-corrected chi connectivity index (χ1v) is 25.9. The predicted molar refractivity (Wildman–Crippen MR) is 257 cm³/mol. The maximum absolute atomic E-state index is 2.50. The standard InChI is InChI=1S/C40H60S2.C12H20S/c1-3-5-7-9-11-13-15-17-19-21-23-25-33-27-29-35-37(31-33)41-40-36-30-28-34(32-38(36)42-39(35)40)26-24-22-20-18-16-14-12-10-8-6-4-2;1-4-5-6-7-8-12-9-10(2)13-11(12)3/h27-32H,3-26H2,1-2H3;9H,4-8H2,1-3H3. The molecule has 5 rings (SSSR count). The Hall–Kier alpha value is -1.68. The molecular weight excluding hydrogens is 721 g/mol. The molecule has 0 bridgehead atoms. The largest absolute Gasteiger partial charge is 0.146 e. The summed E-state index contributed by atoms with van der Waals surface area (Å²) in [5.41, 5.74) is 4.65. The quantitative estimate of drug-likeness (QED) is 0.0423. The average Bonchev–Trinajstić information content (AvgIpc) is 3.84. The SMILES string of the molecule is CCCCCCCCCCCCCc1ccc2c(c1)sc1c3ccc(CCCCCCCCCCCCC)cc3sc21.CCCCCCc1cc(C)sc1C. The van der Waals surface area contributed by atoms with Crippen LogP contribution in [0.1, 0.15) is 214 Å². The molecule has 5 aromatic rings. The molecule has 0 amide bonds. The molecule has 0 aliphatic carbocycles. The summed E-state index contributed by atoms with van der Waals surface area (Å²) in [6.45, 7) is 11.3. The first kappa shape index (κ1) is 46.0. The number of benzene rings is 2. The van der Waals surface area contributed by atoms with Crippen molar-refractivity contribution < 1.29 is 0 Å². The highest BCUT2D eigenvalue weighted by atomic mass is 32.1. The van der Waals surface area contributed by atoms with Crippen LogP contribution in [0.3, 0.4) is 0 Å². The summed E-state index contributed by atoms with van der Waals surface area (Å²) in [5, 5.41) is 2.96. The minimum Gasteiger partial charge on any atom is -0.146 e. The van der Waals surface area contributed by atoms with Gasteiger partial charge in [-0.3, -0.25) is 0 Å². The van der Waals surface area contributed by atoms with Gasteiger partial charge in [0, 0.05) is 29.9 Å². The van der Waals surface area contributed by atoms with Crippen LogP contribution in [0.25, 0.3) is 29.6 Å². The van der Waals surface area contributed by atoms with Gasteiger partial charge in [-0.2, -0.15) is 0 Å². The molecule has 0 atom stereocenters. The maximum atomic E-state index is 2.50. The van der Waals surface area contributed by atoms with E-state index >= 15 is 0 Å². The molecule has 0 nitrogen and oxygen atoms in total. The summed E-state index contributed by atoms with van der Waals surface area (Å²) in [7, 11) is 0.